The molecule has 1 aromatic carbocycles. The molecule has 0 saturated heterocycles. The summed E-state index contributed by atoms with van der Waals surface area (Å²) in [5, 5.41) is 2.99. The number of carbonyl (C=O) groups is 2. The number of aryl methyl sites for hydroxylation is 1. The zero-order chi connectivity index (χ0) is 15.4. The Labute approximate surface area is 135 Å². The number of anilines is 1. The molecule has 0 atom stereocenters. The van der Waals surface area contributed by atoms with Gasteiger partial charge in [0.05, 0.1) is 19.9 Å². The normalized spacial score (nSPS) is 10.0. The highest BCUT2D eigenvalue weighted by Crippen LogP contribution is 2.24. The quantitative estimate of drug-likeness (QED) is 0.725. The molecule has 0 aliphatic heterocycles. The number of hydrazine groups is 1. The van der Waals surface area contributed by atoms with Crippen LogP contribution in [-0.2, 0) is 0 Å². The second-order valence-electron chi connectivity index (χ2n) is 4.07. The first-order valence-corrected chi connectivity index (χ1v) is 7.42. The molecule has 3 amide bonds. The standard InChI is InChI=1S/C13H11Cl2N3O2S/c1-7-3-2-4-8(11(7)15)16-13(20)18-17-12(19)9-5-6-10(14)21-9/h2-6H,1H3,(H,17,19)(H2,16,18,20). The van der Waals surface area contributed by atoms with Gasteiger partial charge in [-0.25, -0.2) is 10.2 Å². The average molecular weight is 344 g/mol. The van der Waals surface area contributed by atoms with Crippen LogP contribution in [0.3, 0.4) is 0 Å². The second kappa shape index (κ2) is 6.80. The van der Waals surface area contributed by atoms with E-state index < -0.39 is 11.9 Å². The molecule has 1 heterocycles. The Kier molecular flexibility index (Phi) is 5.06. The summed E-state index contributed by atoms with van der Waals surface area (Å²) in [6, 6.07) is 7.83. The third kappa shape index (κ3) is 4.10. The van der Waals surface area contributed by atoms with Gasteiger partial charge in [0.15, 0.2) is 0 Å². The molecule has 1 aromatic heterocycles. The third-order valence-electron chi connectivity index (χ3n) is 2.53. The van der Waals surface area contributed by atoms with Crippen molar-refractivity contribution in [3.05, 3.63) is 50.1 Å². The zero-order valence-electron chi connectivity index (χ0n) is 10.9. The van der Waals surface area contributed by atoms with E-state index in [2.05, 4.69) is 16.2 Å². The summed E-state index contributed by atoms with van der Waals surface area (Å²) >= 11 is 12.9. The lowest BCUT2D eigenvalue weighted by atomic mass is 10.2. The van der Waals surface area contributed by atoms with Gasteiger partial charge in [0.2, 0.25) is 0 Å². The van der Waals surface area contributed by atoms with Crippen molar-refractivity contribution in [2.45, 2.75) is 6.92 Å². The minimum Gasteiger partial charge on any atom is -0.305 e. The number of benzene rings is 1. The Bertz CT molecular complexity index is 688. The lowest BCUT2D eigenvalue weighted by molar-refractivity contribution is 0.0942. The topological polar surface area (TPSA) is 70.2 Å². The van der Waals surface area contributed by atoms with Crippen molar-refractivity contribution in [3.63, 3.8) is 0 Å². The van der Waals surface area contributed by atoms with Crippen molar-refractivity contribution in [1.29, 1.82) is 0 Å². The van der Waals surface area contributed by atoms with Crippen LogP contribution < -0.4 is 16.2 Å². The van der Waals surface area contributed by atoms with Crippen molar-refractivity contribution in [3.8, 4) is 0 Å². The fourth-order valence-electron chi connectivity index (χ4n) is 1.51. The van der Waals surface area contributed by atoms with E-state index in [0.717, 1.165) is 16.9 Å². The summed E-state index contributed by atoms with van der Waals surface area (Å²) in [6.07, 6.45) is 0. The minimum atomic E-state index is -0.599. The molecule has 2 rings (SSSR count). The maximum Gasteiger partial charge on any atom is 0.337 e. The van der Waals surface area contributed by atoms with Crippen molar-refractivity contribution in [2.24, 2.45) is 0 Å². The van der Waals surface area contributed by atoms with E-state index in [4.69, 9.17) is 23.2 Å². The van der Waals surface area contributed by atoms with Crippen molar-refractivity contribution in [1.82, 2.24) is 10.9 Å². The van der Waals surface area contributed by atoms with E-state index in [1.54, 1.807) is 24.3 Å². The summed E-state index contributed by atoms with van der Waals surface area (Å²) in [5.74, 6) is -0.447. The molecule has 0 bridgehead atoms. The van der Waals surface area contributed by atoms with E-state index in [9.17, 15) is 9.59 Å². The van der Waals surface area contributed by atoms with Gasteiger partial charge in [-0.05, 0) is 30.7 Å². The van der Waals surface area contributed by atoms with Crippen molar-refractivity contribution in [2.75, 3.05) is 5.32 Å². The molecule has 0 aliphatic carbocycles. The van der Waals surface area contributed by atoms with Gasteiger partial charge in [-0.2, -0.15) is 0 Å². The number of halogens is 2. The highest BCUT2D eigenvalue weighted by atomic mass is 35.5. The monoisotopic (exact) mass is 343 g/mol. The molecule has 0 fully saturated rings. The molecule has 5 nitrogen and oxygen atoms in total. The Hall–Kier alpha value is -1.76. The molecular weight excluding hydrogens is 333 g/mol. The first kappa shape index (κ1) is 15.6. The molecular formula is C13H11Cl2N3O2S. The van der Waals surface area contributed by atoms with Crippen LogP contribution in [0.1, 0.15) is 15.2 Å². The summed E-state index contributed by atoms with van der Waals surface area (Å²) in [4.78, 5) is 23.8. The average Bonchev–Trinajstić information content (AvgIpc) is 2.88. The van der Waals surface area contributed by atoms with Crippen molar-refractivity contribution >= 4 is 52.2 Å². The summed E-state index contributed by atoms with van der Waals surface area (Å²) in [5.41, 5.74) is 5.82. The largest absolute Gasteiger partial charge is 0.337 e. The Morgan fingerprint density at radius 2 is 1.86 bits per heavy atom. The van der Waals surface area contributed by atoms with Gasteiger partial charge in [-0.3, -0.25) is 10.2 Å². The molecule has 21 heavy (non-hydrogen) atoms. The highest BCUT2D eigenvalue weighted by molar-refractivity contribution is 7.17. The second-order valence-corrected chi connectivity index (χ2v) is 6.17. The molecule has 3 N–H and O–H groups in total. The lowest BCUT2D eigenvalue weighted by Gasteiger charge is -2.10. The van der Waals surface area contributed by atoms with Gasteiger partial charge in [0.25, 0.3) is 5.91 Å². The first-order valence-electron chi connectivity index (χ1n) is 5.85. The molecule has 110 valence electrons. The van der Waals surface area contributed by atoms with Crippen LogP contribution in [-0.4, -0.2) is 11.9 Å². The van der Waals surface area contributed by atoms with Gasteiger partial charge in [-0.1, -0.05) is 35.3 Å². The van der Waals surface area contributed by atoms with Crippen LogP contribution in [0.5, 0.6) is 0 Å². The molecule has 0 saturated carbocycles. The number of urea groups is 1. The van der Waals surface area contributed by atoms with Crippen LogP contribution in [0.25, 0.3) is 0 Å². The molecule has 2 aromatic rings. The predicted molar refractivity (Wildman–Crippen MR) is 85.1 cm³/mol. The van der Waals surface area contributed by atoms with Gasteiger partial charge in [0.1, 0.15) is 0 Å². The van der Waals surface area contributed by atoms with Gasteiger partial charge >= 0.3 is 6.03 Å². The smallest absolute Gasteiger partial charge is 0.305 e. The summed E-state index contributed by atoms with van der Waals surface area (Å²) < 4.78 is 0.496. The Morgan fingerprint density at radius 3 is 2.52 bits per heavy atom. The van der Waals surface area contributed by atoms with E-state index >= 15 is 0 Å². The van der Waals surface area contributed by atoms with E-state index in [0.29, 0.717) is 19.9 Å². The summed E-state index contributed by atoms with van der Waals surface area (Å²) in [6.45, 7) is 1.83. The Morgan fingerprint density at radius 1 is 1.10 bits per heavy atom. The van der Waals surface area contributed by atoms with Gasteiger partial charge < -0.3 is 5.32 Å². The Balaban J connectivity index is 1.90. The maximum absolute atomic E-state index is 11.7. The maximum atomic E-state index is 11.7. The van der Waals surface area contributed by atoms with Crippen LogP contribution in [0, 0.1) is 6.92 Å². The van der Waals surface area contributed by atoms with Crippen LogP contribution >= 0.6 is 34.5 Å². The number of nitrogens with one attached hydrogen (secondary N) is 3. The van der Waals surface area contributed by atoms with Gasteiger partial charge in [0, 0.05) is 0 Å². The molecule has 0 spiro atoms. The molecule has 0 radical (unpaired) electrons. The lowest BCUT2D eigenvalue weighted by Crippen LogP contribution is -2.43. The van der Waals surface area contributed by atoms with Crippen molar-refractivity contribution < 1.29 is 9.59 Å². The molecule has 8 heteroatoms. The number of carbonyl (C=O) groups excluding carboxylic acids is 2. The number of rotatable bonds is 2. The number of thiophene rings is 1. The number of hydrogen-bond acceptors (Lipinski definition) is 3. The van der Waals surface area contributed by atoms with Crippen LogP contribution in [0.2, 0.25) is 9.36 Å². The fourth-order valence-corrected chi connectivity index (χ4v) is 2.62. The predicted octanol–water partition coefficient (Wildman–Crippen LogP) is 3.83. The fraction of sp³-hybridized carbons (Fsp3) is 0.0769. The van der Waals surface area contributed by atoms with E-state index in [-0.39, 0.29) is 0 Å². The first-order chi connectivity index (χ1) is 9.97. The van der Waals surface area contributed by atoms with Crippen LogP contribution in [0.4, 0.5) is 10.5 Å². The number of amides is 3. The SMILES string of the molecule is Cc1cccc(NC(=O)NNC(=O)c2ccc(Cl)s2)c1Cl. The van der Waals surface area contributed by atoms with Crippen LogP contribution in [0.15, 0.2) is 30.3 Å². The van der Waals surface area contributed by atoms with E-state index in [1.165, 1.54) is 0 Å². The zero-order valence-corrected chi connectivity index (χ0v) is 13.2. The minimum absolute atomic E-state index is 0.397. The summed E-state index contributed by atoms with van der Waals surface area (Å²) in [7, 11) is 0. The molecule has 0 unspecified atom stereocenters. The van der Waals surface area contributed by atoms with Gasteiger partial charge in [-0.15, -0.1) is 11.3 Å². The number of hydrogen-bond donors (Lipinski definition) is 3. The molecule has 0 aliphatic rings. The van der Waals surface area contributed by atoms with E-state index in [1.807, 2.05) is 13.0 Å². The highest BCUT2D eigenvalue weighted by Gasteiger charge is 2.11. The third-order valence-corrected chi connectivity index (χ3v) is 4.26.